The Kier molecular flexibility index (Phi) is 5.12. The standard InChI is InChI=1S/C16H22N2O2.ClH/c1-20-15-7-6-10(12-9-14(12)17)8-13(15)16(19)18-11-4-2-3-5-11;/h6-8,11-12,14H,2-5,9,17H2,1H3,(H,18,19);1H/t12-,14+;/m0./s1. The number of amides is 1. The van der Waals surface area contributed by atoms with E-state index in [9.17, 15) is 4.79 Å². The molecule has 1 aromatic carbocycles. The fourth-order valence-corrected chi connectivity index (χ4v) is 3.06. The van der Waals surface area contributed by atoms with Gasteiger partial charge in [0.25, 0.3) is 5.91 Å². The van der Waals surface area contributed by atoms with Crippen molar-refractivity contribution in [1.29, 1.82) is 0 Å². The van der Waals surface area contributed by atoms with Gasteiger partial charge in [-0.15, -0.1) is 12.4 Å². The van der Waals surface area contributed by atoms with E-state index in [2.05, 4.69) is 5.32 Å². The summed E-state index contributed by atoms with van der Waals surface area (Å²) >= 11 is 0. The Balaban J connectivity index is 0.00000161. The lowest BCUT2D eigenvalue weighted by Gasteiger charge is -2.15. The fraction of sp³-hybridized carbons (Fsp3) is 0.562. The Morgan fingerprint density at radius 2 is 2.00 bits per heavy atom. The molecule has 4 nitrogen and oxygen atoms in total. The smallest absolute Gasteiger partial charge is 0.255 e. The molecule has 0 spiro atoms. The molecule has 2 saturated carbocycles. The number of hydrogen-bond donors (Lipinski definition) is 2. The van der Waals surface area contributed by atoms with E-state index in [-0.39, 0.29) is 24.4 Å². The van der Waals surface area contributed by atoms with Crippen molar-refractivity contribution in [1.82, 2.24) is 5.32 Å². The van der Waals surface area contributed by atoms with Crippen molar-refractivity contribution in [3.05, 3.63) is 29.3 Å². The van der Waals surface area contributed by atoms with Crippen LogP contribution < -0.4 is 15.8 Å². The maximum Gasteiger partial charge on any atom is 0.255 e. The van der Waals surface area contributed by atoms with Crippen LogP contribution in [-0.4, -0.2) is 25.1 Å². The average molecular weight is 311 g/mol. The second-order valence-corrected chi connectivity index (χ2v) is 5.92. The van der Waals surface area contributed by atoms with Crippen LogP contribution in [-0.2, 0) is 0 Å². The van der Waals surface area contributed by atoms with Crippen LogP contribution in [0.5, 0.6) is 5.75 Å². The van der Waals surface area contributed by atoms with Gasteiger partial charge in [-0.05, 0) is 37.0 Å². The van der Waals surface area contributed by atoms with Gasteiger partial charge >= 0.3 is 0 Å². The molecule has 3 rings (SSSR count). The third kappa shape index (κ3) is 3.50. The Morgan fingerprint density at radius 1 is 1.33 bits per heavy atom. The van der Waals surface area contributed by atoms with Crippen LogP contribution in [0.2, 0.25) is 0 Å². The van der Waals surface area contributed by atoms with Gasteiger partial charge in [0.15, 0.2) is 0 Å². The molecular weight excluding hydrogens is 288 g/mol. The van der Waals surface area contributed by atoms with Crippen LogP contribution in [0.15, 0.2) is 18.2 Å². The number of rotatable bonds is 4. The van der Waals surface area contributed by atoms with E-state index >= 15 is 0 Å². The maximum absolute atomic E-state index is 12.4. The third-order valence-electron chi connectivity index (χ3n) is 4.43. The van der Waals surface area contributed by atoms with Crippen molar-refractivity contribution in [2.45, 2.75) is 50.1 Å². The molecule has 0 aromatic heterocycles. The first-order chi connectivity index (χ1) is 9.69. The highest BCUT2D eigenvalue weighted by molar-refractivity contribution is 5.97. The van der Waals surface area contributed by atoms with Gasteiger partial charge in [-0.2, -0.15) is 0 Å². The molecule has 0 saturated heterocycles. The van der Waals surface area contributed by atoms with E-state index in [1.165, 1.54) is 12.8 Å². The number of hydrogen-bond acceptors (Lipinski definition) is 3. The summed E-state index contributed by atoms with van der Waals surface area (Å²) in [5.74, 6) is 1.02. The van der Waals surface area contributed by atoms with Crippen LogP contribution in [0, 0.1) is 0 Å². The van der Waals surface area contributed by atoms with Crippen LogP contribution in [0.3, 0.4) is 0 Å². The first-order valence-electron chi connectivity index (χ1n) is 7.43. The third-order valence-corrected chi connectivity index (χ3v) is 4.43. The molecule has 0 aliphatic heterocycles. The predicted molar refractivity (Wildman–Crippen MR) is 85.3 cm³/mol. The molecule has 1 aromatic rings. The van der Waals surface area contributed by atoms with Crippen LogP contribution in [0.4, 0.5) is 0 Å². The summed E-state index contributed by atoms with van der Waals surface area (Å²) in [6.45, 7) is 0. The number of carbonyl (C=O) groups excluding carboxylic acids is 1. The molecule has 0 bridgehead atoms. The minimum atomic E-state index is -0.0233. The Morgan fingerprint density at radius 3 is 2.57 bits per heavy atom. The summed E-state index contributed by atoms with van der Waals surface area (Å²) in [5.41, 5.74) is 7.68. The van der Waals surface area contributed by atoms with Gasteiger partial charge in [0.2, 0.25) is 0 Å². The van der Waals surface area contributed by atoms with E-state index in [0.29, 0.717) is 23.3 Å². The molecule has 0 unspecified atom stereocenters. The molecular formula is C16H23ClN2O2. The zero-order valence-electron chi connectivity index (χ0n) is 12.3. The van der Waals surface area contributed by atoms with Gasteiger partial charge in [0.1, 0.15) is 5.75 Å². The monoisotopic (exact) mass is 310 g/mol. The number of benzene rings is 1. The summed E-state index contributed by atoms with van der Waals surface area (Å²) in [5, 5.41) is 3.12. The van der Waals surface area contributed by atoms with Gasteiger partial charge in [-0.3, -0.25) is 4.79 Å². The van der Waals surface area contributed by atoms with E-state index in [4.69, 9.17) is 10.5 Å². The molecule has 2 aliphatic rings. The molecule has 5 heteroatoms. The van der Waals surface area contributed by atoms with E-state index in [1.54, 1.807) is 7.11 Å². The van der Waals surface area contributed by atoms with Gasteiger partial charge in [0, 0.05) is 18.0 Å². The minimum absolute atomic E-state index is 0. The number of halogens is 1. The summed E-state index contributed by atoms with van der Waals surface area (Å²) in [6, 6.07) is 6.40. The second-order valence-electron chi connectivity index (χ2n) is 5.92. The van der Waals surface area contributed by atoms with Crippen molar-refractivity contribution < 1.29 is 9.53 Å². The van der Waals surface area contributed by atoms with Crippen molar-refractivity contribution in [2.24, 2.45) is 5.73 Å². The Hall–Kier alpha value is -1.26. The molecule has 0 heterocycles. The summed E-state index contributed by atoms with van der Waals surface area (Å²) < 4.78 is 5.32. The lowest BCUT2D eigenvalue weighted by molar-refractivity contribution is 0.0934. The second kappa shape index (κ2) is 6.67. The highest BCUT2D eigenvalue weighted by Gasteiger charge is 2.35. The molecule has 3 N–H and O–H groups in total. The predicted octanol–water partition coefficient (Wildman–Crippen LogP) is 2.60. The summed E-state index contributed by atoms with van der Waals surface area (Å²) in [6.07, 6.45) is 5.59. The highest BCUT2D eigenvalue weighted by atomic mass is 35.5. The maximum atomic E-state index is 12.4. The zero-order valence-corrected chi connectivity index (χ0v) is 13.1. The molecule has 0 radical (unpaired) electrons. The molecule has 2 aliphatic carbocycles. The number of methoxy groups -OCH3 is 1. The van der Waals surface area contributed by atoms with Crippen LogP contribution in [0.1, 0.15) is 53.9 Å². The fourth-order valence-electron chi connectivity index (χ4n) is 3.06. The molecule has 2 fully saturated rings. The normalized spacial score (nSPS) is 24.3. The zero-order chi connectivity index (χ0) is 14.1. The SMILES string of the molecule is COc1ccc([C@@H]2C[C@H]2N)cc1C(=O)NC1CCCC1.Cl. The molecule has 2 atom stereocenters. The quantitative estimate of drug-likeness (QED) is 0.898. The molecule has 21 heavy (non-hydrogen) atoms. The lowest BCUT2D eigenvalue weighted by atomic mass is 10.0. The highest BCUT2D eigenvalue weighted by Crippen LogP contribution is 2.40. The topological polar surface area (TPSA) is 64.3 Å². The first kappa shape index (κ1) is 16.1. The minimum Gasteiger partial charge on any atom is -0.496 e. The summed E-state index contributed by atoms with van der Waals surface area (Å²) in [7, 11) is 1.60. The molecule has 116 valence electrons. The van der Waals surface area contributed by atoms with Gasteiger partial charge in [-0.25, -0.2) is 0 Å². The van der Waals surface area contributed by atoms with E-state index < -0.39 is 0 Å². The average Bonchev–Trinajstić information content (AvgIpc) is 2.97. The van der Waals surface area contributed by atoms with Crippen molar-refractivity contribution in [2.75, 3.05) is 7.11 Å². The first-order valence-corrected chi connectivity index (χ1v) is 7.43. The van der Waals surface area contributed by atoms with Gasteiger partial charge in [0.05, 0.1) is 12.7 Å². The number of carbonyl (C=O) groups is 1. The van der Waals surface area contributed by atoms with Gasteiger partial charge < -0.3 is 15.8 Å². The number of nitrogens with one attached hydrogen (secondary N) is 1. The van der Waals surface area contributed by atoms with Crippen LogP contribution >= 0.6 is 12.4 Å². The summed E-state index contributed by atoms with van der Waals surface area (Å²) in [4.78, 5) is 12.4. The van der Waals surface area contributed by atoms with Crippen molar-refractivity contribution in [3.8, 4) is 5.75 Å². The Bertz CT molecular complexity index is 515. The Labute approximate surface area is 131 Å². The van der Waals surface area contributed by atoms with Crippen LogP contribution in [0.25, 0.3) is 0 Å². The van der Waals surface area contributed by atoms with Crippen molar-refractivity contribution >= 4 is 18.3 Å². The number of nitrogens with two attached hydrogens (primary N) is 1. The largest absolute Gasteiger partial charge is 0.496 e. The number of ether oxygens (including phenoxy) is 1. The molecule has 1 amide bonds. The van der Waals surface area contributed by atoms with Crippen molar-refractivity contribution in [3.63, 3.8) is 0 Å². The lowest BCUT2D eigenvalue weighted by Crippen LogP contribution is -2.32. The van der Waals surface area contributed by atoms with E-state index in [0.717, 1.165) is 24.8 Å². The van der Waals surface area contributed by atoms with Gasteiger partial charge in [-0.1, -0.05) is 18.9 Å². The van der Waals surface area contributed by atoms with E-state index in [1.807, 2.05) is 18.2 Å².